The van der Waals surface area contributed by atoms with Gasteiger partial charge in [0.1, 0.15) is 0 Å². The first-order valence-corrected chi connectivity index (χ1v) is 7.43. The molecule has 20 heavy (non-hydrogen) atoms. The fraction of sp³-hybridized carbons (Fsp3) is 0.562. The minimum absolute atomic E-state index is 0.363. The summed E-state index contributed by atoms with van der Waals surface area (Å²) in [5.41, 5.74) is 6.98. The zero-order valence-corrected chi connectivity index (χ0v) is 12.3. The van der Waals surface area contributed by atoms with Gasteiger partial charge in [0.25, 0.3) is 0 Å². The predicted octanol–water partition coefficient (Wildman–Crippen LogP) is 1.61. The molecular weight excluding hydrogens is 250 g/mol. The Bertz CT molecular complexity index is 439. The van der Waals surface area contributed by atoms with E-state index in [-0.39, 0.29) is 5.91 Å². The molecule has 0 radical (unpaired) electrons. The van der Waals surface area contributed by atoms with E-state index < -0.39 is 0 Å². The second-order valence-electron chi connectivity index (χ2n) is 5.78. The molecule has 4 nitrogen and oxygen atoms in total. The molecule has 0 bridgehead atoms. The van der Waals surface area contributed by atoms with E-state index in [1.54, 1.807) is 6.07 Å². The number of rotatable bonds is 6. The summed E-state index contributed by atoms with van der Waals surface area (Å²) >= 11 is 0. The number of hydrogen-bond acceptors (Lipinski definition) is 3. The van der Waals surface area contributed by atoms with Crippen LogP contribution in [0.5, 0.6) is 0 Å². The smallest absolute Gasteiger partial charge is 0.248 e. The Morgan fingerprint density at radius 1 is 1.40 bits per heavy atom. The third kappa shape index (κ3) is 4.62. The lowest BCUT2D eigenvalue weighted by Crippen LogP contribution is -2.31. The van der Waals surface area contributed by atoms with Crippen LogP contribution in [-0.4, -0.2) is 37.5 Å². The van der Waals surface area contributed by atoms with Gasteiger partial charge in [-0.1, -0.05) is 12.1 Å². The van der Waals surface area contributed by atoms with Gasteiger partial charge in [-0.25, -0.2) is 0 Å². The number of nitrogens with one attached hydrogen (secondary N) is 1. The number of likely N-dealkylation sites (tertiary alicyclic amines) is 1. The number of carbonyl (C=O) groups is 1. The predicted molar refractivity (Wildman–Crippen MR) is 81.5 cm³/mol. The van der Waals surface area contributed by atoms with Crippen LogP contribution in [0.15, 0.2) is 24.3 Å². The number of carbonyl (C=O) groups excluding carboxylic acids is 1. The molecule has 3 N–H and O–H groups in total. The van der Waals surface area contributed by atoms with Crippen LogP contribution in [0.2, 0.25) is 0 Å². The zero-order valence-electron chi connectivity index (χ0n) is 12.3. The molecule has 1 saturated heterocycles. The second kappa shape index (κ2) is 7.41. The molecule has 1 fully saturated rings. The summed E-state index contributed by atoms with van der Waals surface area (Å²) < 4.78 is 0. The number of primary amides is 1. The van der Waals surface area contributed by atoms with Crippen molar-refractivity contribution in [1.29, 1.82) is 0 Å². The molecule has 1 aliphatic heterocycles. The Balaban J connectivity index is 1.68. The first-order chi connectivity index (χ1) is 9.65. The Hall–Kier alpha value is -1.39. The van der Waals surface area contributed by atoms with Crippen LogP contribution in [0.25, 0.3) is 0 Å². The summed E-state index contributed by atoms with van der Waals surface area (Å²) in [7, 11) is 2.19. The zero-order chi connectivity index (χ0) is 14.4. The van der Waals surface area contributed by atoms with Gasteiger partial charge in [-0.05, 0) is 69.6 Å². The Kier molecular flexibility index (Phi) is 5.56. The molecule has 0 aliphatic carbocycles. The van der Waals surface area contributed by atoms with Crippen molar-refractivity contribution in [2.24, 2.45) is 11.7 Å². The normalized spacial score (nSPS) is 17.2. The van der Waals surface area contributed by atoms with Crippen molar-refractivity contribution >= 4 is 5.91 Å². The Morgan fingerprint density at radius 3 is 2.85 bits per heavy atom. The van der Waals surface area contributed by atoms with Crippen molar-refractivity contribution in [3.63, 3.8) is 0 Å². The number of piperidine rings is 1. The van der Waals surface area contributed by atoms with Gasteiger partial charge < -0.3 is 16.0 Å². The summed E-state index contributed by atoms with van der Waals surface area (Å²) in [6.45, 7) is 4.29. The van der Waals surface area contributed by atoms with E-state index in [9.17, 15) is 4.79 Å². The van der Waals surface area contributed by atoms with Crippen LogP contribution < -0.4 is 11.1 Å². The summed E-state index contributed by atoms with van der Waals surface area (Å²) in [5, 5.41) is 3.46. The van der Waals surface area contributed by atoms with Gasteiger partial charge >= 0.3 is 0 Å². The third-order valence-electron chi connectivity index (χ3n) is 4.11. The van der Waals surface area contributed by atoms with Crippen LogP contribution in [0, 0.1) is 5.92 Å². The molecule has 110 valence electrons. The highest BCUT2D eigenvalue weighted by molar-refractivity contribution is 5.92. The summed E-state index contributed by atoms with van der Waals surface area (Å²) in [6.07, 6.45) is 3.87. The van der Waals surface area contributed by atoms with E-state index in [1.165, 1.54) is 32.4 Å². The Labute approximate surface area is 121 Å². The van der Waals surface area contributed by atoms with Gasteiger partial charge in [0.2, 0.25) is 5.91 Å². The largest absolute Gasteiger partial charge is 0.366 e. The van der Waals surface area contributed by atoms with Gasteiger partial charge in [-0.2, -0.15) is 0 Å². The molecular formula is C16H25N3O. The highest BCUT2D eigenvalue weighted by Gasteiger charge is 2.15. The third-order valence-corrected chi connectivity index (χ3v) is 4.11. The van der Waals surface area contributed by atoms with Crippen molar-refractivity contribution in [2.75, 3.05) is 26.7 Å². The molecule has 1 aromatic carbocycles. The number of nitrogens with two attached hydrogens (primary N) is 1. The lowest BCUT2D eigenvalue weighted by atomic mass is 9.94. The standard InChI is InChI=1S/C16H25N3O/c1-19-9-6-13(7-10-19)5-8-18-12-14-3-2-4-15(11-14)16(17)20/h2-4,11,13,18H,5-10,12H2,1H3,(H2,17,20). The molecule has 4 heteroatoms. The van der Waals surface area contributed by atoms with E-state index in [0.717, 1.165) is 24.6 Å². The van der Waals surface area contributed by atoms with E-state index in [0.29, 0.717) is 5.56 Å². The molecule has 1 aromatic rings. The molecule has 0 aromatic heterocycles. The molecule has 1 amide bonds. The van der Waals surface area contributed by atoms with Crippen LogP contribution in [0.3, 0.4) is 0 Å². The second-order valence-corrected chi connectivity index (χ2v) is 5.78. The first-order valence-electron chi connectivity index (χ1n) is 7.43. The van der Waals surface area contributed by atoms with Gasteiger partial charge in [-0.15, -0.1) is 0 Å². The maximum atomic E-state index is 11.1. The fourth-order valence-corrected chi connectivity index (χ4v) is 2.72. The minimum atomic E-state index is -0.363. The van der Waals surface area contributed by atoms with Crippen molar-refractivity contribution < 1.29 is 4.79 Å². The lowest BCUT2D eigenvalue weighted by molar-refractivity contribution is 0.1000. The summed E-state index contributed by atoms with van der Waals surface area (Å²) in [6, 6.07) is 7.53. The molecule has 0 saturated carbocycles. The van der Waals surface area contributed by atoms with Crippen LogP contribution in [0.1, 0.15) is 35.2 Å². The Morgan fingerprint density at radius 2 is 2.15 bits per heavy atom. The molecule has 0 unspecified atom stereocenters. The van der Waals surface area contributed by atoms with Crippen LogP contribution in [-0.2, 0) is 6.54 Å². The van der Waals surface area contributed by atoms with Gasteiger partial charge in [0, 0.05) is 12.1 Å². The van der Waals surface area contributed by atoms with Gasteiger partial charge in [0.05, 0.1) is 0 Å². The highest BCUT2D eigenvalue weighted by Crippen LogP contribution is 2.18. The van der Waals surface area contributed by atoms with E-state index >= 15 is 0 Å². The average molecular weight is 275 g/mol. The van der Waals surface area contributed by atoms with Crippen molar-refractivity contribution in [3.8, 4) is 0 Å². The van der Waals surface area contributed by atoms with Crippen molar-refractivity contribution in [3.05, 3.63) is 35.4 Å². The first kappa shape index (κ1) is 15.0. The van der Waals surface area contributed by atoms with Gasteiger partial charge in [0.15, 0.2) is 0 Å². The number of amides is 1. The summed E-state index contributed by atoms with van der Waals surface area (Å²) in [4.78, 5) is 13.5. The fourth-order valence-electron chi connectivity index (χ4n) is 2.72. The van der Waals surface area contributed by atoms with Crippen LogP contribution in [0.4, 0.5) is 0 Å². The molecule has 1 aliphatic rings. The number of benzene rings is 1. The van der Waals surface area contributed by atoms with Crippen LogP contribution >= 0.6 is 0 Å². The quantitative estimate of drug-likeness (QED) is 0.775. The topological polar surface area (TPSA) is 58.4 Å². The molecule has 1 heterocycles. The SMILES string of the molecule is CN1CCC(CCNCc2cccc(C(N)=O)c2)CC1. The monoisotopic (exact) mass is 275 g/mol. The van der Waals surface area contributed by atoms with E-state index in [1.807, 2.05) is 18.2 Å². The maximum absolute atomic E-state index is 11.1. The van der Waals surface area contributed by atoms with Gasteiger partial charge in [-0.3, -0.25) is 4.79 Å². The molecule has 0 atom stereocenters. The molecule has 2 rings (SSSR count). The van der Waals surface area contributed by atoms with E-state index in [4.69, 9.17) is 5.73 Å². The molecule has 0 spiro atoms. The lowest BCUT2D eigenvalue weighted by Gasteiger charge is -2.28. The number of nitrogens with zero attached hydrogens (tertiary/aromatic N) is 1. The average Bonchev–Trinajstić information content (AvgIpc) is 2.46. The highest BCUT2D eigenvalue weighted by atomic mass is 16.1. The minimum Gasteiger partial charge on any atom is -0.366 e. The van der Waals surface area contributed by atoms with Crippen molar-refractivity contribution in [1.82, 2.24) is 10.2 Å². The number of hydrogen-bond donors (Lipinski definition) is 2. The maximum Gasteiger partial charge on any atom is 0.248 e. The van der Waals surface area contributed by atoms with Crippen molar-refractivity contribution in [2.45, 2.75) is 25.8 Å². The summed E-state index contributed by atoms with van der Waals surface area (Å²) in [5.74, 6) is 0.494. The van der Waals surface area contributed by atoms with E-state index in [2.05, 4.69) is 17.3 Å².